The second kappa shape index (κ2) is 10.1. The topological polar surface area (TPSA) is 75.7 Å². The summed E-state index contributed by atoms with van der Waals surface area (Å²) >= 11 is 1.55. The maximum Gasteiger partial charge on any atom is 0.264 e. The molecule has 0 bridgehead atoms. The van der Waals surface area contributed by atoms with Gasteiger partial charge in [-0.2, -0.15) is 0 Å². The highest BCUT2D eigenvalue weighted by Crippen LogP contribution is 2.28. The Morgan fingerprint density at radius 1 is 0.941 bits per heavy atom. The highest BCUT2D eigenvalue weighted by molar-refractivity contribution is 7.92. The summed E-state index contributed by atoms with van der Waals surface area (Å²) in [4.78, 5) is 14.2. The summed E-state index contributed by atoms with van der Waals surface area (Å²) in [7, 11) is -0.850. The van der Waals surface area contributed by atoms with Crippen molar-refractivity contribution in [1.29, 1.82) is 0 Å². The Morgan fingerprint density at radius 2 is 1.68 bits per heavy atom. The van der Waals surface area contributed by atoms with Crippen molar-refractivity contribution in [2.24, 2.45) is 0 Å². The van der Waals surface area contributed by atoms with Gasteiger partial charge in [-0.3, -0.25) is 9.10 Å². The maximum absolute atomic E-state index is 13.3. The number of sulfonamides is 1. The molecule has 0 saturated carbocycles. The van der Waals surface area contributed by atoms with Crippen LogP contribution in [0.3, 0.4) is 0 Å². The van der Waals surface area contributed by atoms with E-state index in [4.69, 9.17) is 4.74 Å². The predicted octanol–water partition coefficient (Wildman–Crippen LogP) is 5.10. The van der Waals surface area contributed by atoms with Crippen LogP contribution in [0.5, 0.6) is 5.75 Å². The summed E-state index contributed by atoms with van der Waals surface area (Å²) in [6.07, 6.45) is 0. The van der Waals surface area contributed by atoms with Crippen molar-refractivity contribution < 1.29 is 17.9 Å². The van der Waals surface area contributed by atoms with Gasteiger partial charge in [-0.05, 0) is 59.5 Å². The number of carbonyl (C=O) groups excluding carboxylic acids is 1. The van der Waals surface area contributed by atoms with Crippen LogP contribution in [0.1, 0.15) is 26.8 Å². The number of anilines is 1. The Bertz CT molecular complexity index is 1350. The number of benzene rings is 3. The second-order valence-corrected chi connectivity index (χ2v) is 10.5. The first kappa shape index (κ1) is 23.5. The van der Waals surface area contributed by atoms with Crippen LogP contribution < -0.4 is 14.4 Å². The lowest BCUT2D eigenvalue weighted by molar-refractivity contribution is 0.0943. The molecule has 0 aliphatic heterocycles. The minimum Gasteiger partial charge on any atom is -0.497 e. The van der Waals surface area contributed by atoms with Gasteiger partial charge in [-0.25, -0.2) is 8.42 Å². The largest absolute Gasteiger partial charge is 0.497 e. The SMILES string of the molecule is COc1ccc(N(C)S(=O)(=O)c2cccc(C(=O)NC(c3ccccc3)c3cccs3)c2)cc1. The summed E-state index contributed by atoms with van der Waals surface area (Å²) in [6, 6.07) is 26.0. The number of amides is 1. The molecule has 174 valence electrons. The van der Waals surface area contributed by atoms with Gasteiger partial charge in [0, 0.05) is 17.5 Å². The van der Waals surface area contributed by atoms with Crippen LogP contribution in [-0.2, 0) is 10.0 Å². The van der Waals surface area contributed by atoms with E-state index in [1.54, 1.807) is 54.8 Å². The van der Waals surface area contributed by atoms with Crippen molar-refractivity contribution in [1.82, 2.24) is 5.32 Å². The zero-order chi connectivity index (χ0) is 24.1. The van der Waals surface area contributed by atoms with Crippen molar-refractivity contribution in [2.75, 3.05) is 18.5 Å². The van der Waals surface area contributed by atoms with E-state index in [1.807, 2.05) is 47.8 Å². The molecule has 34 heavy (non-hydrogen) atoms. The summed E-state index contributed by atoms with van der Waals surface area (Å²) in [6.45, 7) is 0. The van der Waals surface area contributed by atoms with Gasteiger partial charge in [0.25, 0.3) is 15.9 Å². The zero-order valence-corrected chi connectivity index (χ0v) is 20.3. The highest BCUT2D eigenvalue weighted by Gasteiger charge is 2.24. The molecule has 1 unspecified atom stereocenters. The Morgan fingerprint density at radius 3 is 2.32 bits per heavy atom. The third kappa shape index (κ3) is 4.98. The molecule has 1 aromatic heterocycles. The van der Waals surface area contributed by atoms with Gasteiger partial charge in [0.15, 0.2) is 0 Å². The first-order valence-corrected chi connectivity index (χ1v) is 12.8. The van der Waals surface area contributed by atoms with Crippen LogP contribution >= 0.6 is 11.3 Å². The summed E-state index contributed by atoms with van der Waals surface area (Å²) in [5.41, 5.74) is 1.69. The zero-order valence-electron chi connectivity index (χ0n) is 18.7. The van der Waals surface area contributed by atoms with E-state index in [-0.39, 0.29) is 22.4 Å². The number of thiophene rings is 1. The molecule has 4 rings (SSSR count). The number of nitrogens with zero attached hydrogens (tertiary/aromatic N) is 1. The Balaban J connectivity index is 1.60. The first-order valence-electron chi connectivity index (χ1n) is 10.5. The summed E-state index contributed by atoms with van der Waals surface area (Å²) in [5.74, 6) is 0.276. The molecule has 0 spiro atoms. The lowest BCUT2D eigenvalue weighted by Crippen LogP contribution is -2.30. The van der Waals surface area contributed by atoms with Crippen molar-refractivity contribution in [3.63, 3.8) is 0 Å². The summed E-state index contributed by atoms with van der Waals surface area (Å²) < 4.78 is 32.8. The highest BCUT2D eigenvalue weighted by atomic mass is 32.2. The number of methoxy groups -OCH3 is 1. The molecule has 3 aromatic carbocycles. The minimum absolute atomic E-state index is 0.0332. The average Bonchev–Trinajstić information content (AvgIpc) is 3.42. The number of rotatable bonds is 8. The molecule has 1 heterocycles. The van der Waals surface area contributed by atoms with E-state index in [9.17, 15) is 13.2 Å². The predicted molar refractivity (Wildman–Crippen MR) is 135 cm³/mol. The number of nitrogens with one attached hydrogen (secondary N) is 1. The van der Waals surface area contributed by atoms with Crippen LogP contribution in [0.25, 0.3) is 0 Å². The number of carbonyl (C=O) groups is 1. The third-order valence-corrected chi connectivity index (χ3v) is 8.15. The maximum atomic E-state index is 13.3. The van der Waals surface area contributed by atoms with Crippen LogP contribution in [0.2, 0.25) is 0 Å². The van der Waals surface area contributed by atoms with E-state index in [2.05, 4.69) is 5.32 Å². The first-order chi connectivity index (χ1) is 16.4. The molecule has 1 atom stereocenters. The molecular formula is C26H24N2O4S2. The van der Waals surface area contributed by atoms with Gasteiger partial charge in [0.05, 0.1) is 23.7 Å². The molecular weight excluding hydrogens is 468 g/mol. The van der Waals surface area contributed by atoms with Crippen molar-refractivity contribution >= 4 is 33.0 Å². The minimum atomic E-state index is -3.88. The monoisotopic (exact) mass is 492 g/mol. The normalized spacial score (nSPS) is 12.1. The van der Waals surface area contributed by atoms with Gasteiger partial charge in [-0.1, -0.05) is 42.5 Å². The van der Waals surface area contributed by atoms with E-state index >= 15 is 0 Å². The summed E-state index contributed by atoms with van der Waals surface area (Å²) in [5, 5.41) is 5.01. The molecule has 1 amide bonds. The van der Waals surface area contributed by atoms with Gasteiger partial charge < -0.3 is 10.1 Å². The molecule has 1 N–H and O–H groups in total. The smallest absolute Gasteiger partial charge is 0.264 e. The van der Waals surface area contributed by atoms with Crippen LogP contribution in [0, 0.1) is 0 Å². The van der Waals surface area contributed by atoms with E-state index in [0.29, 0.717) is 11.4 Å². The number of hydrogen-bond acceptors (Lipinski definition) is 5. The number of hydrogen-bond donors (Lipinski definition) is 1. The quantitative estimate of drug-likeness (QED) is 0.371. The van der Waals surface area contributed by atoms with E-state index in [0.717, 1.165) is 10.4 Å². The molecule has 0 saturated heterocycles. The molecule has 0 fully saturated rings. The number of ether oxygens (including phenoxy) is 1. The van der Waals surface area contributed by atoms with Gasteiger partial charge in [0.2, 0.25) is 0 Å². The molecule has 0 aliphatic rings. The van der Waals surface area contributed by atoms with E-state index < -0.39 is 10.0 Å². The van der Waals surface area contributed by atoms with Gasteiger partial charge in [0.1, 0.15) is 5.75 Å². The molecule has 0 aliphatic carbocycles. The lowest BCUT2D eigenvalue weighted by Gasteiger charge is -2.21. The van der Waals surface area contributed by atoms with Crippen molar-refractivity contribution in [3.8, 4) is 5.75 Å². The molecule has 4 aromatic rings. The fourth-order valence-corrected chi connectivity index (χ4v) is 5.57. The molecule has 6 nitrogen and oxygen atoms in total. The van der Waals surface area contributed by atoms with Crippen molar-refractivity contribution in [3.05, 3.63) is 112 Å². The Kier molecular flexibility index (Phi) is 7.00. The van der Waals surface area contributed by atoms with Crippen LogP contribution in [0.15, 0.2) is 101 Å². The molecule has 0 radical (unpaired) electrons. The standard InChI is InChI=1S/C26H24N2O4S2/c1-28(21-13-15-22(32-2)16-14-21)34(30,31)23-11-6-10-20(18-23)26(29)27-25(24-12-7-17-33-24)19-8-4-3-5-9-19/h3-18,25H,1-2H3,(H,27,29). The fourth-order valence-electron chi connectivity index (χ4n) is 3.52. The molecule has 8 heteroatoms. The Hall–Kier alpha value is -3.62. The van der Waals surface area contributed by atoms with Gasteiger partial charge in [-0.15, -0.1) is 11.3 Å². The van der Waals surface area contributed by atoms with Gasteiger partial charge >= 0.3 is 0 Å². The van der Waals surface area contributed by atoms with Crippen molar-refractivity contribution in [2.45, 2.75) is 10.9 Å². The lowest BCUT2D eigenvalue weighted by atomic mass is 10.0. The third-order valence-electron chi connectivity index (χ3n) is 5.43. The fraction of sp³-hybridized carbons (Fsp3) is 0.115. The second-order valence-electron chi connectivity index (χ2n) is 7.53. The van der Waals surface area contributed by atoms with E-state index in [1.165, 1.54) is 23.5 Å². The van der Waals surface area contributed by atoms with Crippen LogP contribution in [-0.4, -0.2) is 28.5 Å². The van der Waals surface area contributed by atoms with Crippen LogP contribution in [0.4, 0.5) is 5.69 Å². The Labute approximate surface area is 203 Å². The average molecular weight is 493 g/mol.